The summed E-state index contributed by atoms with van der Waals surface area (Å²) in [6, 6.07) is 13.3. The molecule has 8 nitrogen and oxygen atoms in total. The predicted octanol–water partition coefficient (Wildman–Crippen LogP) is 3.02. The van der Waals surface area contributed by atoms with Crippen LogP contribution in [0.1, 0.15) is 10.4 Å². The highest BCUT2D eigenvalue weighted by atomic mass is 16.6. The maximum Gasteiger partial charge on any atom is 0.338 e. The molecule has 8 heteroatoms. The first-order valence-electron chi connectivity index (χ1n) is 7.77. The smallest absolute Gasteiger partial charge is 0.338 e. The van der Waals surface area contributed by atoms with Gasteiger partial charge in [0, 0.05) is 18.5 Å². The monoisotopic (exact) mass is 353 g/mol. The topological polar surface area (TPSA) is 96.5 Å². The Balaban J connectivity index is 1.64. The molecule has 0 bridgehead atoms. The minimum atomic E-state index is -0.651. The van der Waals surface area contributed by atoms with Gasteiger partial charge in [-0.1, -0.05) is 18.2 Å². The van der Waals surface area contributed by atoms with Gasteiger partial charge in [0.15, 0.2) is 0 Å². The third kappa shape index (κ3) is 4.04. The number of rotatable bonds is 7. The number of benzene rings is 2. The number of para-hydroxylation sites is 1. The lowest BCUT2D eigenvalue weighted by Crippen LogP contribution is -2.13. The molecule has 0 fully saturated rings. The van der Waals surface area contributed by atoms with Gasteiger partial charge >= 0.3 is 5.97 Å². The molecule has 0 unspecified atom stereocenters. The van der Waals surface area contributed by atoms with Gasteiger partial charge in [-0.25, -0.2) is 9.78 Å². The Morgan fingerprint density at radius 3 is 2.65 bits per heavy atom. The van der Waals surface area contributed by atoms with Crippen LogP contribution in [-0.2, 0) is 4.74 Å². The molecular weight excluding hydrogens is 338 g/mol. The third-order valence-electron chi connectivity index (χ3n) is 3.52. The first-order valence-corrected chi connectivity index (χ1v) is 7.77. The van der Waals surface area contributed by atoms with Crippen LogP contribution >= 0.6 is 0 Å². The van der Waals surface area contributed by atoms with Crippen LogP contribution in [0.5, 0.6) is 5.75 Å². The molecule has 3 rings (SSSR count). The van der Waals surface area contributed by atoms with Gasteiger partial charge in [0.25, 0.3) is 5.69 Å². The van der Waals surface area contributed by atoms with Crippen LogP contribution in [0.4, 0.5) is 5.69 Å². The lowest BCUT2D eigenvalue weighted by molar-refractivity contribution is -0.384. The number of hydrogen-bond donors (Lipinski definition) is 0. The Labute approximate surface area is 148 Å². The maximum atomic E-state index is 12.1. The molecule has 0 atom stereocenters. The van der Waals surface area contributed by atoms with E-state index < -0.39 is 10.9 Å². The van der Waals surface area contributed by atoms with E-state index in [0.717, 1.165) is 0 Å². The van der Waals surface area contributed by atoms with Crippen LogP contribution in [0.3, 0.4) is 0 Å². The highest BCUT2D eigenvalue weighted by Crippen LogP contribution is 2.24. The number of imidazole rings is 1. The normalized spacial score (nSPS) is 10.3. The van der Waals surface area contributed by atoms with Crippen LogP contribution in [0, 0.1) is 10.1 Å². The van der Waals surface area contributed by atoms with Crippen molar-refractivity contribution in [3.05, 3.63) is 82.9 Å². The molecule has 0 aliphatic carbocycles. The zero-order chi connectivity index (χ0) is 18.4. The molecular formula is C18H15N3O5. The summed E-state index contributed by atoms with van der Waals surface area (Å²) >= 11 is 0. The lowest BCUT2D eigenvalue weighted by atomic mass is 10.1. The van der Waals surface area contributed by atoms with E-state index in [-0.39, 0.29) is 24.5 Å². The van der Waals surface area contributed by atoms with Crippen molar-refractivity contribution in [3.63, 3.8) is 0 Å². The molecule has 0 radical (unpaired) electrons. The summed E-state index contributed by atoms with van der Waals surface area (Å²) in [7, 11) is 0. The molecule has 1 aromatic heterocycles. The minimum Gasteiger partial charge on any atom is -0.490 e. The standard InChI is InChI=1S/C18H15N3O5/c22-18(26-11-10-25-15-4-2-1-3-5-15)14-6-7-16(17(12-14)21(23)24)20-9-8-19-13-20/h1-9,12-13H,10-11H2. The Kier molecular flexibility index (Phi) is 5.23. The first-order chi connectivity index (χ1) is 12.6. The fourth-order valence-electron chi connectivity index (χ4n) is 2.31. The molecule has 0 aliphatic heterocycles. The molecule has 3 aromatic rings. The van der Waals surface area contributed by atoms with E-state index in [2.05, 4.69) is 4.98 Å². The van der Waals surface area contributed by atoms with E-state index >= 15 is 0 Å². The van der Waals surface area contributed by atoms with Crippen LogP contribution in [0.25, 0.3) is 5.69 Å². The second-order valence-corrected chi connectivity index (χ2v) is 5.23. The average molecular weight is 353 g/mol. The summed E-state index contributed by atoms with van der Waals surface area (Å²) < 4.78 is 12.0. The van der Waals surface area contributed by atoms with Crippen molar-refractivity contribution in [1.29, 1.82) is 0 Å². The number of carbonyl (C=O) groups is 1. The second-order valence-electron chi connectivity index (χ2n) is 5.23. The van der Waals surface area contributed by atoms with Gasteiger partial charge in [-0.3, -0.25) is 10.1 Å². The van der Waals surface area contributed by atoms with Crippen molar-refractivity contribution < 1.29 is 19.2 Å². The van der Waals surface area contributed by atoms with Crippen molar-refractivity contribution in [2.45, 2.75) is 0 Å². The van der Waals surface area contributed by atoms with Gasteiger partial charge < -0.3 is 14.0 Å². The molecule has 0 N–H and O–H groups in total. The Hall–Kier alpha value is -3.68. The van der Waals surface area contributed by atoms with E-state index in [9.17, 15) is 14.9 Å². The Morgan fingerprint density at radius 1 is 1.15 bits per heavy atom. The van der Waals surface area contributed by atoms with Crippen LogP contribution in [0.2, 0.25) is 0 Å². The summed E-state index contributed by atoms with van der Waals surface area (Å²) in [6.45, 7) is 0.218. The molecule has 132 valence electrons. The van der Waals surface area contributed by atoms with Crippen molar-refractivity contribution >= 4 is 11.7 Å². The zero-order valence-electron chi connectivity index (χ0n) is 13.6. The number of nitrogens with zero attached hydrogens (tertiary/aromatic N) is 3. The fourth-order valence-corrected chi connectivity index (χ4v) is 2.31. The molecule has 0 spiro atoms. The van der Waals surface area contributed by atoms with Crippen molar-refractivity contribution in [3.8, 4) is 11.4 Å². The van der Waals surface area contributed by atoms with Gasteiger partial charge in [0.05, 0.1) is 16.8 Å². The summed E-state index contributed by atoms with van der Waals surface area (Å²) in [5.41, 5.74) is 0.203. The fraction of sp³-hybridized carbons (Fsp3) is 0.111. The number of esters is 1. The molecule has 2 aromatic carbocycles. The van der Waals surface area contributed by atoms with Gasteiger partial charge in [-0.2, -0.15) is 0 Å². The Bertz CT molecular complexity index is 894. The number of nitro benzene ring substituents is 1. The van der Waals surface area contributed by atoms with Gasteiger partial charge in [0.1, 0.15) is 24.7 Å². The molecule has 0 saturated carbocycles. The highest BCUT2D eigenvalue weighted by molar-refractivity contribution is 5.90. The van der Waals surface area contributed by atoms with E-state index in [4.69, 9.17) is 9.47 Å². The minimum absolute atomic E-state index is 0.0325. The maximum absolute atomic E-state index is 12.1. The number of ether oxygens (including phenoxy) is 2. The average Bonchev–Trinajstić information content (AvgIpc) is 3.20. The third-order valence-corrected chi connectivity index (χ3v) is 3.52. The van der Waals surface area contributed by atoms with Gasteiger partial charge in [0.2, 0.25) is 0 Å². The predicted molar refractivity (Wildman–Crippen MR) is 92.4 cm³/mol. The van der Waals surface area contributed by atoms with Crippen LogP contribution < -0.4 is 4.74 Å². The zero-order valence-corrected chi connectivity index (χ0v) is 13.6. The van der Waals surface area contributed by atoms with Crippen molar-refractivity contribution in [1.82, 2.24) is 9.55 Å². The largest absolute Gasteiger partial charge is 0.490 e. The second kappa shape index (κ2) is 7.93. The summed E-state index contributed by atoms with van der Waals surface area (Å²) in [5.74, 6) is 0.0193. The first kappa shape index (κ1) is 17.2. The van der Waals surface area contributed by atoms with Crippen molar-refractivity contribution in [2.24, 2.45) is 0 Å². The highest BCUT2D eigenvalue weighted by Gasteiger charge is 2.19. The molecule has 0 aliphatic rings. The number of aromatic nitrogens is 2. The van der Waals surface area contributed by atoms with E-state index in [0.29, 0.717) is 11.4 Å². The quantitative estimate of drug-likeness (QED) is 0.280. The number of hydrogen-bond acceptors (Lipinski definition) is 6. The van der Waals surface area contributed by atoms with Crippen LogP contribution in [-0.4, -0.2) is 33.7 Å². The molecule has 1 heterocycles. The van der Waals surface area contributed by atoms with E-state index in [1.165, 1.54) is 35.3 Å². The van der Waals surface area contributed by atoms with Gasteiger partial charge in [-0.05, 0) is 24.3 Å². The summed E-state index contributed by atoms with van der Waals surface area (Å²) in [5, 5.41) is 11.3. The molecule has 0 saturated heterocycles. The number of carbonyl (C=O) groups excluding carboxylic acids is 1. The summed E-state index contributed by atoms with van der Waals surface area (Å²) in [6.07, 6.45) is 4.54. The van der Waals surface area contributed by atoms with E-state index in [1.54, 1.807) is 18.3 Å². The molecule has 26 heavy (non-hydrogen) atoms. The van der Waals surface area contributed by atoms with Crippen LogP contribution in [0.15, 0.2) is 67.3 Å². The molecule has 0 amide bonds. The van der Waals surface area contributed by atoms with Gasteiger partial charge in [-0.15, -0.1) is 0 Å². The SMILES string of the molecule is O=C(OCCOc1ccccc1)c1ccc(-n2ccnc2)c([N+](=O)[O-])c1. The summed E-state index contributed by atoms with van der Waals surface area (Å²) in [4.78, 5) is 26.7. The Morgan fingerprint density at radius 2 is 1.96 bits per heavy atom. The lowest BCUT2D eigenvalue weighted by Gasteiger charge is -2.08. The van der Waals surface area contributed by atoms with Crippen molar-refractivity contribution in [2.75, 3.05) is 13.2 Å². The number of nitro groups is 1. The van der Waals surface area contributed by atoms with E-state index in [1.807, 2.05) is 18.2 Å².